The van der Waals surface area contributed by atoms with Gasteiger partial charge in [-0.3, -0.25) is 0 Å². The Kier molecular flexibility index (Phi) is 4.43. The van der Waals surface area contributed by atoms with Crippen LogP contribution >= 0.6 is 11.8 Å². The minimum absolute atomic E-state index is 0.139. The summed E-state index contributed by atoms with van der Waals surface area (Å²) >= 11 is 1.77. The van der Waals surface area contributed by atoms with Crippen molar-refractivity contribution in [3.63, 3.8) is 0 Å². The van der Waals surface area contributed by atoms with E-state index in [4.69, 9.17) is 5.11 Å². The summed E-state index contributed by atoms with van der Waals surface area (Å²) in [6.07, 6.45) is 0.924. The van der Waals surface area contributed by atoms with Crippen molar-refractivity contribution >= 4 is 23.8 Å². The molecular weight excluding hydrogens is 232 g/mol. The lowest BCUT2D eigenvalue weighted by molar-refractivity contribution is -0.155. The van der Waals surface area contributed by atoms with Crippen molar-refractivity contribution in [1.29, 1.82) is 0 Å². The molecule has 1 aliphatic rings. The summed E-state index contributed by atoms with van der Waals surface area (Å²) in [5.74, 6) is 0.546. The van der Waals surface area contributed by atoms with Crippen molar-refractivity contribution in [2.24, 2.45) is 0 Å². The van der Waals surface area contributed by atoms with Crippen LogP contribution in [0.1, 0.15) is 13.3 Å². The number of carboxylic acid groups (broad SMARTS) is 1. The van der Waals surface area contributed by atoms with E-state index in [0.717, 1.165) is 24.9 Å². The smallest absolute Gasteiger partial charge is 0.337 e. The van der Waals surface area contributed by atoms with Crippen LogP contribution in [0.3, 0.4) is 0 Å². The van der Waals surface area contributed by atoms with E-state index in [1.165, 1.54) is 0 Å². The highest BCUT2D eigenvalue weighted by Gasteiger charge is 2.30. The first-order chi connectivity index (χ1) is 7.42. The van der Waals surface area contributed by atoms with Gasteiger partial charge in [0.15, 0.2) is 5.60 Å². The van der Waals surface area contributed by atoms with Crippen molar-refractivity contribution in [3.05, 3.63) is 0 Å². The van der Waals surface area contributed by atoms with Crippen LogP contribution < -0.4 is 10.6 Å². The maximum absolute atomic E-state index is 11.3. The van der Waals surface area contributed by atoms with Crippen LogP contribution in [0.15, 0.2) is 0 Å². The third-order valence-corrected chi connectivity index (χ3v) is 3.48. The molecule has 0 bridgehead atoms. The van der Waals surface area contributed by atoms with Crippen LogP contribution in [0.5, 0.6) is 0 Å². The number of hydrogen-bond acceptors (Lipinski definition) is 4. The third-order valence-electron chi connectivity index (χ3n) is 2.32. The van der Waals surface area contributed by atoms with E-state index in [0.29, 0.717) is 0 Å². The molecule has 16 heavy (non-hydrogen) atoms. The van der Waals surface area contributed by atoms with Crippen LogP contribution in [0.2, 0.25) is 0 Å². The molecule has 0 aromatic heterocycles. The number of carboxylic acids is 1. The van der Waals surface area contributed by atoms with Crippen LogP contribution in [0.25, 0.3) is 0 Å². The number of carbonyl (C=O) groups excluding carboxylic acids is 1. The summed E-state index contributed by atoms with van der Waals surface area (Å²) in [6.45, 7) is 0.828. The Morgan fingerprint density at radius 2 is 2.25 bits per heavy atom. The third kappa shape index (κ3) is 3.90. The van der Waals surface area contributed by atoms with Gasteiger partial charge in [-0.1, -0.05) is 0 Å². The molecule has 0 aliphatic carbocycles. The molecule has 7 heteroatoms. The van der Waals surface area contributed by atoms with Gasteiger partial charge in [0.25, 0.3) is 0 Å². The van der Waals surface area contributed by atoms with E-state index in [2.05, 4.69) is 10.6 Å². The zero-order valence-electron chi connectivity index (χ0n) is 9.02. The summed E-state index contributed by atoms with van der Waals surface area (Å²) < 4.78 is 0. The highest BCUT2D eigenvalue weighted by atomic mass is 32.2. The number of urea groups is 1. The predicted molar refractivity (Wildman–Crippen MR) is 60.5 cm³/mol. The van der Waals surface area contributed by atoms with Gasteiger partial charge in [0.2, 0.25) is 0 Å². The molecule has 1 aliphatic heterocycles. The number of nitrogens with one attached hydrogen (secondary N) is 2. The molecule has 0 aromatic carbocycles. The van der Waals surface area contributed by atoms with Crippen LogP contribution in [-0.4, -0.2) is 51.9 Å². The Bertz CT molecular complexity index is 277. The van der Waals surface area contributed by atoms with Crippen LogP contribution in [-0.2, 0) is 4.79 Å². The minimum atomic E-state index is -1.93. The summed E-state index contributed by atoms with van der Waals surface area (Å²) in [7, 11) is 0. The van der Waals surface area contributed by atoms with E-state index in [9.17, 15) is 14.7 Å². The maximum atomic E-state index is 11.3. The molecule has 2 unspecified atom stereocenters. The van der Waals surface area contributed by atoms with Gasteiger partial charge in [-0.05, 0) is 19.1 Å². The first-order valence-corrected chi connectivity index (χ1v) is 6.15. The van der Waals surface area contributed by atoms with Gasteiger partial charge in [0.1, 0.15) is 0 Å². The Morgan fingerprint density at radius 3 is 2.75 bits per heavy atom. The van der Waals surface area contributed by atoms with Crippen molar-refractivity contribution in [2.45, 2.75) is 25.0 Å². The standard InChI is InChI=1S/C9H16N2O4S/c1-9(15,7(12)13)5-10-8(14)11-6-2-3-16-4-6/h6,15H,2-5H2,1H3,(H,12,13)(H2,10,11,14). The fourth-order valence-corrected chi connectivity index (χ4v) is 2.37. The molecule has 1 rings (SSSR count). The number of hydrogen-bond donors (Lipinski definition) is 4. The SMILES string of the molecule is CC(O)(CNC(=O)NC1CCSC1)C(=O)O. The molecule has 0 saturated carbocycles. The van der Waals surface area contributed by atoms with Crippen LogP contribution in [0, 0.1) is 0 Å². The zero-order valence-corrected chi connectivity index (χ0v) is 9.84. The number of carbonyl (C=O) groups is 2. The quantitative estimate of drug-likeness (QED) is 0.544. The van der Waals surface area contributed by atoms with E-state index in [1.54, 1.807) is 11.8 Å². The Morgan fingerprint density at radius 1 is 1.56 bits per heavy atom. The Labute approximate surface area is 97.8 Å². The van der Waals surface area contributed by atoms with E-state index in [1.807, 2.05) is 0 Å². The van der Waals surface area contributed by atoms with Crippen molar-refractivity contribution < 1.29 is 19.8 Å². The molecule has 2 amide bonds. The normalized spacial score (nSPS) is 23.5. The average Bonchev–Trinajstić information content (AvgIpc) is 2.67. The molecular formula is C9H16N2O4S. The molecule has 4 N–H and O–H groups in total. The molecule has 1 fully saturated rings. The summed E-state index contributed by atoms with van der Waals surface area (Å²) in [6, 6.07) is -0.297. The number of rotatable bonds is 4. The molecule has 0 spiro atoms. The van der Waals surface area contributed by atoms with E-state index in [-0.39, 0.29) is 12.6 Å². The van der Waals surface area contributed by atoms with E-state index < -0.39 is 17.6 Å². The largest absolute Gasteiger partial charge is 0.479 e. The molecule has 6 nitrogen and oxygen atoms in total. The van der Waals surface area contributed by atoms with Crippen molar-refractivity contribution in [2.75, 3.05) is 18.1 Å². The summed E-state index contributed by atoms with van der Waals surface area (Å²) in [5.41, 5.74) is -1.93. The average molecular weight is 248 g/mol. The van der Waals surface area contributed by atoms with Gasteiger partial charge in [-0.2, -0.15) is 11.8 Å². The first-order valence-electron chi connectivity index (χ1n) is 5.00. The fraction of sp³-hybridized carbons (Fsp3) is 0.778. The second-order valence-corrected chi connectivity index (χ2v) is 5.12. The van der Waals surface area contributed by atoms with Crippen molar-refractivity contribution in [1.82, 2.24) is 10.6 Å². The second kappa shape index (κ2) is 5.40. The lowest BCUT2D eigenvalue weighted by Crippen LogP contribution is -2.50. The van der Waals surface area contributed by atoms with Gasteiger partial charge < -0.3 is 20.8 Å². The zero-order chi connectivity index (χ0) is 12.2. The number of amides is 2. The number of aliphatic hydroxyl groups is 1. The van der Waals surface area contributed by atoms with Gasteiger partial charge in [0.05, 0.1) is 6.54 Å². The molecule has 1 saturated heterocycles. The maximum Gasteiger partial charge on any atom is 0.337 e. The summed E-state index contributed by atoms with van der Waals surface area (Å²) in [4.78, 5) is 21.9. The molecule has 2 atom stereocenters. The van der Waals surface area contributed by atoms with Gasteiger partial charge in [-0.15, -0.1) is 0 Å². The van der Waals surface area contributed by atoms with Gasteiger partial charge >= 0.3 is 12.0 Å². The van der Waals surface area contributed by atoms with Crippen molar-refractivity contribution in [3.8, 4) is 0 Å². The van der Waals surface area contributed by atoms with E-state index >= 15 is 0 Å². The monoisotopic (exact) mass is 248 g/mol. The molecule has 0 aromatic rings. The predicted octanol–water partition coefficient (Wildman–Crippen LogP) is -0.373. The Balaban J connectivity index is 2.26. The highest BCUT2D eigenvalue weighted by Crippen LogP contribution is 2.16. The Hall–Kier alpha value is -0.950. The van der Waals surface area contributed by atoms with Gasteiger partial charge in [0, 0.05) is 11.8 Å². The minimum Gasteiger partial charge on any atom is -0.479 e. The highest BCUT2D eigenvalue weighted by molar-refractivity contribution is 7.99. The van der Waals surface area contributed by atoms with Gasteiger partial charge in [-0.25, -0.2) is 9.59 Å². The lowest BCUT2D eigenvalue weighted by atomic mass is 10.1. The second-order valence-electron chi connectivity index (χ2n) is 3.97. The van der Waals surface area contributed by atoms with Crippen LogP contribution in [0.4, 0.5) is 4.79 Å². The number of aliphatic carboxylic acids is 1. The number of thioether (sulfide) groups is 1. The summed E-state index contributed by atoms with van der Waals surface area (Å²) in [5, 5.41) is 23.0. The topological polar surface area (TPSA) is 98.7 Å². The molecule has 1 heterocycles. The molecule has 0 radical (unpaired) electrons. The first kappa shape index (κ1) is 13.1. The lowest BCUT2D eigenvalue weighted by Gasteiger charge is -2.19. The molecule has 92 valence electrons. The fourth-order valence-electron chi connectivity index (χ4n) is 1.21.